The number of aryl methyl sites for hydroxylation is 2. The van der Waals surface area contributed by atoms with Crippen LogP contribution in [0, 0.1) is 25.6 Å². The van der Waals surface area contributed by atoms with E-state index in [1.807, 2.05) is 6.92 Å². The average molecular weight is 308 g/mol. The van der Waals surface area contributed by atoms with Crippen LogP contribution in [-0.4, -0.2) is 35.2 Å². The second-order valence-electron chi connectivity index (χ2n) is 6.38. The Bertz CT molecular complexity index is 537. The molecule has 1 fully saturated rings. The monoisotopic (exact) mass is 308 g/mol. The first-order valence-corrected chi connectivity index (χ1v) is 7.79. The minimum Gasteiger partial charge on any atom is -0.393 e. The van der Waals surface area contributed by atoms with Crippen LogP contribution in [0.2, 0.25) is 0 Å². The summed E-state index contributed by atoms with van der Waals surface area (Å²) >= 11 is 0. The molecule has 5 heteroatoms. The summed E-state index contributed by atoms with van der Waals surface area (Å²) in [6, 6.07) is 3.23. The fourth-order valence-corrected chi connectivity index (χ4v) is 2.95. The first-order valence-electron chi connectivity index (χ1n) is 7.79. The number of benzene rings is 1. The van der Waals surface area contributed by atoms with Crippen molar-refractivity contribution < 1.29 is 14.3 Å². The second kappa shape index (κ2) is 6.65. The Morgan fingerprint density at radius 2 is 1.95 bits per heavy atom. The van der Waals surface area contributed by atoms with Gasteiger partial charge in [-0.2, -0.15) is 0 Å². The van der Waals surface area contributed by atoms with Crippen molar-refractivity contribution in [3.05, 3.63) is 34.6 Å². The third-order valence-corrected chi connectivity index (χ3v) is 4.49. The van der Waals surface area contributed by atoms with Crippen LogP contribution in [0.4, 0.5) is 9.18 Å². The van der Waals surface area contributed by atoms with Gasteiger partial charge in [0.2, 0.25) is 0 Å². The molecule has 1 aliphatic heterocycles. The SMILES string of the molecule is Cc1cc([C@H](C)NC(=O)N2CC[C@H]([C@H](C)O)C2)cc(C)c1F. The standard InChI is InChI=1S/C17H25FN2O2/c1-10-7-15(8-11(2)16(10)18)12(3)19-17(22)20-6-5-14(9-20)13(4)21/h7-8,12-14,21H,5-6,9H2,1-4H3,(H,19,22)/t12-,13-,14-/m0/s1. The maximum Gasteiger partial charge on any atom is 0.317 e. The summed E-state index contributed by atoms with van der Waals surface area (Å²) in [5, 5.41) is 12.6. The number of nitrogens with zero attached hydrogens (tertiary/aromatic N) is 1. The van der Waals surface area contributed by atoms with E-state index in [2.05, 4.69) is 5.32 Å². The molecule has 0 aromatic heterocycles. The zero-order chi connectivity index (χ0) is 16.4. The molecular weight excluding hydrogens is 283 g/mol. The largest absolute Gasteiger partial charge is 0.393 e. The van der Waals surface area contributed by atoms with E-state index in [0.717, 1.165) is 12.0 Å². The van der Waals surface area contributed by atoms with E-state index in [1.54, 1.807) is 37.8 Å². The number of urea groups is 1. The summed E-state index contributed by atoms with van der Waals surface area (Å²) in [6.45, 7) is 8.36. The minimum absolute atomic E-state index is 0.129. The number of aliphatic hydroxyl groups excluding tert-OH is 1. The molecule has 0 aliphatic carbocycles. The molecule has 0 bridgehead atoms. The predicted molar refractivity (Wildman–Crippen MR) is 84.2 cm³/mol. The maximum atomic E-state index is 13.7. The molecule has 2 N–H and O–H groups in total. The number of carbonyl (C=O) groups is 1. The summed E-state index contributed by atoms with van der Waals surface area (Å²) in [5.41, 5.74) is 2.08. The molecule has 1 heterocycles. The van der Waals surface area contributed by atoms with Crippen molar-refractivity contribution in [1.29, 1.82) is 0 Å². The van der Waals surface area contributed by atoms with Crippen molar-refractivity contribution >= 4 is 6.03 Å². The van der Waals surface area contributed by atoms with Gasteiger partial charge in [-0.1, -0.05) is 12.1 Å². The smallest absolute Gasteiger partial charge is 0.317 e. The molecule has 1 saturated heterocycles. The molecule has 4 nitrogen and oxygen atoms in total. The molecule has 0 unspecified atom stereocenters. The summed E-state index contributed by atoms with van der Waals surface area (Å²) in [6.07, 6.45) is 0.437. The van der Waals surface area contributed by atoms with Gasteiger partial charge in [-0.25, -0.2) is 9.18 Å². The number of halogens is 1. The molecule has 0 saturated carbocycles. The lowest BCUT2D eigenvalue weighted by Gasteiger charge is -2.22. The number of hydrogen-bond acceptors (Lipinski definition) is 2. The van der Waals surface area contributed by atoms with Gasteiger partial charge < -0.3 is 15.3 Å². The van der Waals surface area contributed by atoms with Crippen LogP contribution in [0.3, 0.4) is 0 Å². The third-order valence-electron chi connectivity index (χ3n) is 4.49. The van der Waals surface area contributed by atoms with Crippen LogP contribution in [0.15, 0.2) is 12.1 Å². The highest BCUT2D eigenvalue weighted by Crippen LogP contribution is 2.22. The molecule has 3 atom stereocenters. The fraction of sp³-hybridized carbons (Fsp3) is 0.588. The molecule has 1 aromatic carbocycles. The number of nitrogens with one attached hydrogen (secondary N) is 1. The van der Waals surface area contributed by atoms with E-state index in [0.29, 0.717) is 24.2 Å². The van der Waals surface area contributed by atoms with Gasteiger partial charge >= 0.3 is 6.03 Å². The Kier molecular flexibility index (Phi) is 5.06. The number of aliphatic hydroxyl groups is 1. The van der Waals surface area contributed by atoms with Crippen molar-refractivity contribution in [1.82, 2.24) is 10.2 Å². The average Bonchev–Trinajstić information content (AvgIpc) is 2.94. The fourth-order valence-electron chi connectivity index (χ4n) is 2.95. The highest BCUT2D eigenvalue weighted by molar-refractivity contribution is 5.75. The molecule has 2 amide bonds. The summed E-state index contributed by atoms with van der Waals surface area (Å²) < 4.78 is 13.7. The van der Waals surface area contributed by atoms with Crippen LogP contribution < -0.4 is 5.32 Å². The van der Waals surface area contributed by atoms with Gasteiger partial charge in [0.25, 0.3) is 0 Å². The number of carbonyl (C=O) groups excluding carboxylic acids is 1. The molecular formula is C17H25FN2O2. The van der Waals surface area contributed by atoms with Crippen LogP contribution in [0.5, 0.6) is 0 Å². The van der Waals surface area contributed by atoms with Gasteiger partial charge in [-0.05, 0) is 50.8 Å². The number of rotatable bonds is 3. The van der Waals surface area contributed by atoms with Crippen LogP contribution in [-0.2, 0) is 0 Å². The van der Waals surface area contributed by atoms with Crippen LogP contribution >= 0.6 is 0 Å². The number of amides is 2. The highest BCUT2D eigenvalue weighted by Gasteiger charge is 2.29. The van der Waals surface area contributed by atoms with E-state index in [9.17, 15) is 14.3 Å². The van der Waals surface area contributed by atoms with E-state index in [1.165, 1.54) is 0 Å². The first kappa shape index (κ1) is 16.7. The van der Waals surface area contributed by atoms with Crippen molar-refractivity contribution in [2.45, 2.75) is 46.3 Å². The lowest BCUT2D eigenvalue weighted by atomic mass is 10.0. The Balaban J connectivity index is 2.00. The highest BCUT2D eigenvalue weighted by atomic mass is 19.1. The van der Waals surface area contributed by atoms with Crippen LogP contribution in [0.25, 0.3) is 0 Å². The zero-order valence-electron chi connectivity index (χ0n) is 13.7. The first-order chi connectivity index (χ1) is 10.3. The zero-order valence-corrected chi connectivity index (χ0v) is 13.7. The molecule has 122 valence electrons. The van der Waals surface area contributed by atoms with Gasteiger partial charge in [0.1, 0.15) is 5.82 Å². The second-order valence-corrected chi connectivity index (χ2v) is 6.38. The van der Waals surface area contributed by atoms with Crippen molar-refractivity contribution in [2.24, 2.45) is 5.92 Å². The van der Waals surface area contributed by atoms with Crippen LogP contribution in [0.1, 0.15) is 43.0 Å². The summed E-state index contributed by atoms with van der Waals surface area (Å²) in [5.74, 6) is -0.0436. The van der Waals surface area contributed by atoms with E-state index in [-0.39, 0.29) is 23.8 Å². The van der Waals surface area contributed by atoms with Gasteiger partial charge in [-0.3, -0.25) is 0 Å². The number of hydrogen-bond donors (Lipinski definition) is 2. The Hall–Kier alpha value is -1.62. The third kappa shape index (κ3) is 3.58. The minimum atomic E-state index is -0.391. The predicted octanol–water partition coefficient (Wildman–Crippen LogP) is 2.92. The van der Waals surface area contributed by atoms with Crippen molar-refractivity contribution in [2.75, 3.05) is 13.1 Å². The Morgan fingerprint density at radius 1 is 1.36 bits per heavy atom. The Labute approximate surface area is 131 Å². The summed E-state index contributed by atoms with van der Waals surface area (Å²) in [7, 11) is 0. The number of likely N-dealkylation sites (tertiary alicyclic amines) is 1. The topological polar surface area (TPSA) is 52.6 Å². The molecule has 22 heavy (non-hydrogen) atoms. The van der Waals surface area contributed by atoms with E-state index < -0.39 is 6.10 Å². The van der Waals surface area contributed by atoms with Crippen molar-refractivity contribution in [3.8, 4) is 0 Å². The lowest BCUT2D eigenvalue weighted by Crippen LogP contribution is -2.40. The van der Waals surface area contributed by atoms with Gasteiger partial charge in [-0.15, -0.1) is 0 Å². The Morgan fingerprint density at radius 3 is 2.45 bits per heavy atom. The van der Waals surface area contributed by atoms with Crippen molar-refractivity contribution in [3.63, 3.8) is 0 Å². The summed E-state index contributed by atoms with van der Waals surface area (Å²) in [4.78, 5) is 14.0. The quantitative estimate of drug-likeness (QED) is 0.902. The van der Waals surface area contributed by atoms with Gasteiger partial charge in [0.05, 0.1) is 12.1 Å². The molecule has 0 spiro atoms. The molecule has 2 rings (SSSR count). The molecule has 0 radical (unpaired) electrons. The van der Waals surface area contributed by atoms with Gasteiger partial charge in [0.15, 0.2) is 0 Å². The normalized spacial score (nSPS) is 20.8. The van der Waals surface area contributed by atoms with E-state index in [4.69, 9.17) is 0 Å². The lowest BCUT2D eigenvalue weighted by molar-refractivity contribution is 0.129. The van der Waals surface area contributed by atoms with Gasteiger partial charge in [0, 0.05) is 19.0 Å². The van der Waals surface area contributed by atoms with E-state index >= 15 is 0 Å². The molecule has 1 aliphatic rings. The maximum absolute atomic E-state index is 13.7. The molecule has 1 aromatic rings.